The lowest BCUT2D eigenvalue weighted by Gasteiger charge is -2.21. The standard InChI is InChI=1S/C15H18N2O4S/c1-8(5-13(18)19)7-16-15(21)10-3-4-12-11(6-10)17-14(20)9(2)22-12/h3-4,6,8-9H,5,7H2,1-2H3,(H,16,21)(H,17,20)(H,18,19). The molecule has 1 aromatic carbocycles. The molecule has 0 fully saturated rings. The number of hydrogen-bond acceptors (Lipinski definition) is 4. The van der Waals surface area contributed by atoms with Crippen LogP contribution < -0.4 is 10.6 Å². The molecule has 0 aromatic heterocycles. The normalized spacial score (nSPS) is 18.1. The number of nitrogens with one attached hydrogen (secondary N) is 2. The fraction of sp³-hybridized carbons (Fsp3) is 0.400. The molecule has 1 heterocycles. The molecule has 1 aliphatic heterocycles. The molecule has 1 aliphatic rings. The van der Waals surface area contributed by atoms with Gasteiger partial charge in [0.2, 0.25) is 5.91 Å². The van der Waals surface area contributed by atoms with Crippen LogP contribution in [0, 0.1) is 5.92 Å². The molecular weight excluding hydrogens is 304 g/mol. The third kappa shape index (κ3) is 4.00. The summed E-state index contributed by atoms with van der Waals surface area (Å²) in [6, 6.07) is 5.15. The van der Waals surface area contributed by atoms with Crippen LogP contribution in [0.2, 0.25) is 0 Å². The smallest absolute Gasteiger partial charge is 0.303 e. The number of carbonyl (C=O) groups is 3. The van der Waals surface area contributed by atoms with Crippen molar-refractivity contribution in [1.82, 2.24) is 5.32 Å². The van der Waals surface area contributed by atoms with Gasteiger partial charge in [-0.05, 0) is 31.0 Å². The summed E-state index contributed by atoms with van der Waals surface area (Å²) in [4.78, 5) is 35.3. The van der Waals surface area contributed by atoms with Gasteiger partial charge < -0.3 is 15.7 Å². The number of anilines is 1. The van der Waals surface area contributed by atoms with Crippen LogP contribution in [0.4, 0.5) is 5.69 Å². The van der Waals surface area contributed by atoms with E-state index in [2.05, 4.69) is 10.6 Å². The number of amides is 2. The molecule has 0 spiro atoms. The topological polar surface area (TPSA) is 95.5 Å². The zero-order valence-corrected chi connectivity index (χ0v) is 13.2. The van der Waals surface area contributed by atoms with Crippen molar-refractivity contribution in [1.29, 1.82) is 0 Å². The average Bonchev–Trinajstić information content (AvgIpc) is 2.45. The van der Waals surface area contributed by atoms with Crippen LogP contribution in [0.5, 0.6) is 0 Å². The Morgan fingerprint density at radius 2 is 2.18 bits per heavy atom. The van der Waals surface area contributed by atoms with Crippen molar-refractivity contribution in [3.05, 3.63) is 23.8 Å². The van der Waals surface area contributed by atoms with Gasteiger partial charge in [0.25, 0.3) is 5.91 Å². The highest BCUT2D eigenvalue weighted by molar-refractivity contribution is 8.00. The summed E-state index contributed by atoms with van der Waals surface area (Å²) in [6.45, 7) is 3.88. The average molecular weight is 322 g/mol. The van der Waals surface area contributed by atoms with Gasteiger partial charge in [-0.1, -0.05) is 6.92 Å². The molecule has 2 rings (SSSR count). The van der Waals surface area contributed by atoms with Crippen LogP contribution in [0.25, 0.3) is 0 Å². The molecule has 22 heavy (non-hydrogen) atoms. The fourth-order valence-corrected chi connectivity index (χ4v) is 3.02. The summed E-state index contributed by atoms with van der Waals surface area (Å²) in [5, 5.41) is 14.0. The summed E-state index contributed by atoms with van der Waals surface area (Å²) in [5.41, 5.74) is 1.08. The van der Waals surface area contributed by atoms with Gasteiger partial charge in [-0.25, -0.2) is 0 Å². The maximum atomic E-state index is 12.1. The van der Waals surface area contributed by atoms with Crippen molar-refractivity contribution in [3.63, 3.8) is 0 Å². The van der Waals surface area contributed by atoms with Gasteiger partial charge in [-0.15, -0.1) is 11.8 Å². The van der Waals surface area contributed by atoms with E-state index in [0.717, 1.165) is 4.90 Å². The van der Waals surface area contributed by atoms with Crippen molar-refractivity contribution in [3.8, 4) is 0 Å². The van der Waals surface area contributed by atoms with Gasteiger partial charge in [0.15, 0.2) is 0 Å². The van der Waals surface area contributed by atoms with Crippen LogP contribution in [0.3, 0.4) is 0 Å². The molecule has 2 atom stereocenters. The van der Waals surface area contributed by atoms with Crippen molar-refractivity contribution in [2.75, 3.05) is 11.9 Å². The Kier molecular flexibility index (Phi) is 5.07. The number of fused-ring (bicyclic) bond motifs is 1. The number of benzene rings is 1. The van der Waals surface area contributed by atoms with E-state index < -0.39 is 5.97 Å². The number of hydrogen-bond donors (Lipinski definition) is 3. The Labute approximate surface area is 132 Å². The number of rotatable bonds is 5. The van der Waals surface area contributed by atoms with Crippen molar-refractivity contribution in [2.24, 2.45) is 5.92 Å². The van der Waals surface area contributed by atoms with E-state index in [1.54, 1.807) is 19.1 Å². The second kappa shape index (κ2) is 6.83. The zero-order chi connectivity index (χ0) is 16.3. The van der Waals surface area contributed by atoms with E-state index in [1.807, 2.05) is 13.0 Å². The van der Waals surface area contributed by atoms with Crippen molar-refractivity contribution in [2.45, 2.75) is 30.4 Å². The molecule has 118 valence electrons. The van der Waals surface area contributed by atoms with Gasteiger partial charge in [0, 0.05) is 23.4 Å². The van der Waals surface area contributed by atoms with E-state index in [9.17, 15) is 14.4 Å². The van der Waals surface area contributed by atoms with E-state index >= 15 is 0 Å². The maximum absolute atomic E-state index is 12.1. The molecule has 0 saturated carbocycles. The molecule has 0 aliphatic carbocycles. The molecule has 3 N–H and O–H groups in total. The molecule has 2 unspecified atom stereocenters. The number of aliphatic carboxylic acids is 1. The number of carboxylic acid groups (broad SMARTS) is 1. The second-order valence-electron chi connectivity index (χ2n) is 5.37. The van der Waals surface area contributed by atoms with Crippen LogP contribution >= 0.6 is 11.8 Å². The Balaban J connectivity index is 2.01. The first-order valence-corrected chi connectivity index (χ1v) is 7.86. The molecule has 6 nitrogen and oxygen atoms in total. The highest BCUT2D eigenvalue weighted by Crippen LogP contribution is 2.35. The molecular formula is C15H18N2O4S. The molecule has 1 aromatic rings. The van der Waals surface area contributed by atoms with Crippen molar-refractivity contribution >= 4 is 35.2 Å². The SMILES string of the molecule is CC(CNC(=O)c1ccc2c(c1)NC(=O)C(C)S2)CC(=O)O. The summed E-state index contributed by atoms with van der Waals surface area (Å²) < 4.78 is 0. The Bertz CT molecular complexity index is 618. The highest BCUT2D eigenvalue weighted by atomic mass is 32.2. The van der Waals surface area contributed by atoms with Crippen molar-refractivity contribution < 1.29 is 19.5 Å². The van der Waals surface area contributed by atoms with Gasteiger partial charge in [-0.3, -0.25) is 14.4 Å². The van der Waals surface area contributed by atoms with Gasteiger partial charge in [-0.2, -0.15) is 0 Å². The Morgan fingerprint density at radius 3 is 2.86 bits per heavy atom. The number of carbonyl (C=O) groups excluding carboxylic acids is 2. The molecule has 0 saturated heterocycles. The first-order chi connectivity index (χ1) is 10.4. The fourth-order valence-electron chi connectivity index (χ4n) is 2.09. The van der Waals surface area contributed by atoms with Gasteiger partial charge in [0.05, 0.1) is 10.9 Å². The summed E-state index contributed by atoms with van der Waals surface area (Å²) in [5.74, 6) is -1.39. The van der Waals surface area contributed by atoms with Crippen LogP contribution in [0.15, 0.2) is 23.1 Å². The molecule has 0 bridgehead atoms. The minimum absolute atomic E-state index is 0.00898. The van der Waals surface area contributed by atoms with Gasteiger partial charge >= 0.3 is 5.97 Å². The molecule has 2 amide bonds. The van der Waals surface area contributed by atoms with E-state index in [0.29, 0.717) is 17.8 Å². The predicted octanol–water partition coefficient (Wildman–Crippen LogP) is 1.96. The predicted molar refractivity (Wildman–Crippen MR) is 84.1 cm³/mol. The number of thioether (sulfide) groups is 1. The quantitative estimate of drug-likeness (QED) is 0.770. The Morgan fingerprint density at radius 1 is 1.45 bits per heavy atom. The summed E-state index contributed by atoms with van der Waals surface area (Å²) in [6.07, 6.45) is 0.00898. The monoisotopic (exact) mass is 322 g/mol. The van der Waals surface area contributed by atoms with Gasteiger partial charge in [0.1, 0.15) is 0 Å². The van der Waals surface area contributed by atoms with Crippen LogP contribution in [-0.4, -0.2) is 34.7 Å². The lowest BCUT2D eigenvalue weighted by Crippen LogP contribution is -2.30. The minimum Gasteiger partial charge on any atom is -0.481 e. The third-order valence-electron chi connectivity index (χ3n) is 3.31. The maximum Gasteiger partial charge on any atom is 0.303 e. The van der Waals surface area contributed by atoms with Crippen LogP contribution in [-0.2, 0) is 9.59 Å². The van der Waals surface area contributed by atoms with Crippen LogP contribution in [0.1, 0.15) is 30.6 Å². The molecule has 7 heteroatoms. The van der Waals surface area contributed by atoms with E-state index in [-0.39, 0.29) is 29.4 Å². The summed E-state index contributed by atoms with van der Waals surface area (Å²) >= 11 is 1.46. The Hall–Kier alpha value is -2.02. The molecule has 0 radical (unpaired) electrons. The van der Waals surface area contributed by atoms with E-state index in [1.165, 1.54) is 11.8 Å². The summed E-state index contributed by atoms with van der Waals surface area (Å²) in [7, 11) is 0. The number of carboxylic acids is 1. The largest absolute Gasteiger partial charge is 0.481 e. The lowest BCUT2D eigenvalue weighted by atomic mass is 10.1. The second-order valence-corrected chi connectivity index (χ2v) is 6.76. The first-order valence-electron chi connectivity index (χ1n) is 6.98. The first kappa shape index (κ1) is 16.4. The van der Waals surface area contributed by atoms with E-state index in [4.69, 9.17) is 5.11 Å². The third-order valence-corrected chi connectivity index (χ3v) is 4.48. The lowest BCUT2D eigenvalue weighted by molar-refractivity contribution is -0.137. The minimum atomic E-state index is -0.885. The zero-order valence-electron chi connectivity index (χ0n) is 12.4. The highest BCUT2D eigenvalue weighted by Gasteiger charge is 2.23.